The molecule has 0 unspecified atom stereocenters. The van der Waals surface area contributed by atoms with E-state index in [9.17, 15) is 9.18 Å². The number of hydrogen-bond acceptors (Lipinski definition) is 3. The summed E-state index contributed by atoms with van der Waals surface area (Å²) in [6.45, 7) is 0. The molecule has 0 atom stereocenters. The summed E-state index contributed by atoms with van der Waals surface area (Å²) >= 11 is 0. The highest BCUT2D eigenvalue weighted by Crippen LogP contribution is 2.19. The van der Waals surface area contributed by atoms with Crippen LogP contribution in [0.2, 0.25) is 0 Å². The molecule has 4 nitrogen and oxygen atoms in total. The van der Waals surface area contributed by atoms with Crippen LogP contribution in [0.3, 0.4) is 0 Å². The van der Waals surface area contributed by atoms with Gasteiger partial charge in [-0.15, -0.1) is 0 Å². The summed E-state index contributed by atoms with van der Waals surface area (Å²) in [5.74, 6) is -0.726. The zero-order valence-corrected chi connectivity index (χ0v) is 8.53. The summed E-state index contributed by atoms with van der Waals surface area (Å²) in [5.41, 5.74) is 0.657. The van der Waals surface area contributed by atoms with Gasteiger partial charge >= 0.3 is 0 Å². The molecule has 82 valence electrons. The number of hydrogen-bond donors (Lipinski definition) is 1. The van der Waals surface area contributed by atoms with Crippen molar-refractivity contribution in [2.75, 3.05) is 7.11 Å². The van der Waals surface area contributed by atoms with E-state index in [0.717, 1.165) is 6.07 Å². The van der Waals surface area contributed by atoms with E-state index in [1.807, 2.05) is 0 Å². The van der Waals surface area contributed by atoms with Crippen molar-refractivity contribution in [1.29, 1.82) is 0 Å². The lowest BCUT2D eigenvalue weighted by Crippen LogP contribution is -2.01. The van der Waals surface area contributed by atoms with Crippen LogP contribution < -0.4 is 4.74 Å². The van der Waals surface area contributed by atoms with Gasteiger partial charge in [0.1, 0.15) is 0 Å². The van der Waals surface area contributed by atoms with E-state index in [-0.39, 0.29) is 17.1 Å². The van der Waals surface area contributed by atoms with Crippen LogP contribution in [0.1, 0.15) is 15.9 Å². The molecule has 0 amide bonds. The molecule has 0 saturated carbocycles. The van der Waals surface area contributed by atoms with Gasteiger partial charge in [-0.1, -0.05) is 0 Å². The number of rotatable bonds is 3. The van der Waals surface area contributed by atoms with E-state index in [1.54, 1.807) is 0 Å². The number of nitrogens with zero attached hydrogens (tertiary/aromatic N) is 1. The van der Waals surface area contributed by atoms with Gasteiger partial charge in [0.2, 0.25) is 0 Å². The van der Waals surface area contributed by atoms with Gasteiger partial charge in [0.05, 0.1) is 18.9 Å². The minimum atomic E-state index is -0.558. The molecule has 5 heteroatoms. The van der Waals surface area contributed by atoms with Gasteiger partial charge in [0, 0.05) is 11.8 Å². The first-order chi connectivity index (χ1) is 7.72. The van der Waals surface area contributed by atoms with Crippen LogP contribution in [0, 0.1) is 5.82 Å². The first-order valence-corrected chi connectivity index (χ1v) is 4.59. The van der Waals surface area contributed by atoms with Crippen molar-refractivity contribution in [3.05, 3.63) is 47.5 Å². The van der Waals surface area contributed by atoms with E-state index >= 15 is 0 Å². The highest BCUT2D eigenvalue weighted by atomic mass is 19.1. The fourth-order valence-corrected chi connectivity index (χ4v) is 1.35. The summed E-state index contributed by atoms with van der Waals surface area (Å²) < 4.78 is 18.1. The average molecular weight is 220 g/mol. The Bertz CT molecular complexity index is 509. The Morgan fingerprint density at radius 3 is 2.81 bits per heavy atom. The van der Waals surface area contributed by atoms with Gasteiger partial charge in [0.15, 0.2) is 17.3 Å². The lowest BCUT2D eigenvalue weighted by molar-refractivity contribution is 0.103. The molecule has 0 aliphatic rings. The summed E-state index contributed by atoms with van der Waals surface area (Å²) in [6, 6.07) is 4.08. The topological polar surface area (TPSA) is 55.0 Å². The number of halogens is 1. The Balaban J connectivity index is 2.35. The predicted molar refractivity (Wildman–Crippen MR) is 55.0 cm³/mol. The summed E-state index contributed by atoms with van der Waals surface area (Å²) in [6.07, 6.45) is 2.86. The van der Waals surface area contributed by atoms with Crippen molar-refractivity contribution < 1.29 is 13.9 Å². The minimum Gasteiger partial charge on any atom is -0.494 e. The molecule has 1 heterocycles. The predicted octanol–water partition coefficient (Wildman–Crippen LogP) is 1.79. The van der Waals surface area contributed by atoms with Crippen LogP contribution in [0.15, 0.2) is 30.6 Å². The maximum atomic E-state index is 13.4. The molecule has 0 aliphatic carbocycles. The molecule has 16 heavy (non-hydrogen) atoms. The van der Waals surface area contributed by atoms with E-state index in [0.29, 0.717) is 5.56 Å². The number of aromatic nitrogens is 2. The summed E-state index contributed by atoms with van der Waals surface area (Å²) in [7, 11) is 1.37. The second-order valence-corrected chi connectivity index (χ2v) is 3.17. The Hall–Kier alpha value is -2.17. The lowest BCUT2D eigenvalue weighted by Gasteiger charge is -2.03. The average Bonchev–Trinajstić information content (AvgIpc) is 2.81. The highest BCUT2D eigenvalue weighted by Gasteiger charge is 2.12. The highest BCUT2D eigenvalue weighted by molar-refractivity contribution is 6.08. The fourth-order valence-electron chi connectivity index (χ4n) is 1.35. The van der Waals surface area contributed by atoms with Crippen LogP contribution in [-0.4, -0.2) is 23.1 Å². The zero-order chi connectivity index (χ0) is 11.5. The Kier molecular flexibility index (Phi) is 2.68. The molecule has 2 aromatic rings. The van der Waals surface area contributed by atoms with Crippen molar-refractivity contribution in [2.24, 2.45) is 0 Å². The lowest BCUT2D eigenvalue weighted by atomic mass is 10.1. The summed E-state index contributed by atoms with van der Waals surface area (Å²) in [4.78, 5) is 11.8. The third kappa shape index (κ3) is 1.79. The second-order valence-electron chi connectivity index (χ2n) is 3.17. The molecule has 0 spiro atoms. The normalized spacial score (nSPS) is 10.1. The quantitative estimate of drug-likeness (QED) is 0.802. The number of ketones is 1. The third-order valence-corrected chi connectivity index (χ3v) is 2.17. The fraction of sp³-hybridized carbons (Fsp3) is 0.0909. The Morgan fingerprint density at radius 1 is 1.44 bits per heavy atom. The minimum absolute atomic E-state index is 0.115. The largest absolute Gasteiger partial charge is 0.494 e. The molecule has 1 aromatic carbocycles. The third-order valence-electron chi connectivity index (χ3n) is 2.17. The van der Waals surface area contributed by atoms with E-state index in [4.69, 9.17) is 4.74 Å². The van der Waals surface area contributed by atoms with Crippen LogP contribution in [0.25, 0.3) is 0 Å². The Morgan fingerprint density at radius 2 is 2.25 bits per heavy atom. The molecule has 0 radical (unpaired) electrons. The maximum absolute atomic E-state index is 13.4. The van der Waals surface area contributed by atoms with Crippen LogP contribution in [0.5, 0.6) is 5.75 Å². The molecule has 1 N–H and O–H groups in total. The van der Waals surface area contributed by atoms with Crippen molar-refractivity contribution in [2.45, 2.75) is 0 Å². The van der Waals surface area contributed by atoms with E-state index < -0.39 is 5.82 Å². The van der Waals surface area contributed by atoms with Crippen LogP contribution in [0.4, 0.5) is 4.39 Å². The molecule has 0 aliphatic heterocycles. The number of nitrogens with one attached hydrogen (secondary N) is 1. The molecule has 0 fully saturated rings. The molecular formula is C11H9FN2O2. The van der Waals surface area contributed by atoms with Gasteiger partial charge in [-0.3, -0.25) is 9.89 Å². The van der Waals surface area contributed by atoms with Gasteiger partial charge in [-0.25, -0.2) is 4.39 Å². The van der Waals surface area contributed by atoms with E-state index in [2.05, 4.69) is 10.2 Å². The monoisotopic (exact) mass is 220 g/mol. The number of aromatic amines is 1. The SMILES string of the molecule is COc1ccc(C(=O)c2cn[nH]c2)cc1F. The van der Waals surface area contributed by atoms with E-state index in [1.165, 1.54) is 31.6 Å². The number of carbonyl (C=O) groups is 1. The van der Waals surface area contributed by atoms with Crippen molar-refractivity contribution in [1.82, 2.24) is 10.2 Å². The molecule has 0 bridgehead atoms. The van der Waals surface area contributed by atoms with Gasteiger partial charge in [-0.05, 0) is 18.2 Å². The number of methoxy groups -OCH3 is 1. The standard InChI is InChI=1S/C11H9FN2O2/c1-16-10-3-2-7(4-9(10)12)11(15)8-5-13-14-6-8/h2-6H,1H3,(H,13,14). The molecule has 1 aromatic heterocycles. The number of benzene rings is 1. The van der Waals surface area contributed by atoms with Crippen LogP contribution >= 0.6 is 0 Å². The molecular weight excluding hydrogens is 211 g/mol. The second kappa shape index (κ2) is 4.14. The van der Waals surface area contributed by atoms with Gasteiger partial charge < -0.3 is 4.74 Å². The smallest absolute Gasteiger partial charge is 0.196 e. The van der Waals surface area contributed by atoms with Crippen molar-refractivity contribution in [3.63, 3.8) is 0 Å². The van der Waals surface area contributed by atoms with Gasteiger partial charge in [0.25, 0.3) is 0 Å². The molecule has 2 rings (SSSR count). The van der Waals surface area contributed by atoms with Gasteiger partial charge in [-0.2, -0.15) is 5.10 Å². The zero-order valence-electron chi connectivity index (χ0n) is 8.53. The number of H-pyrrole nitrogens is 1. The van der Waals surface area contributed by atoms with Crippen molar-refractivity contribution in [3.8, 4) is 5.75 Å². The number of carbonyl (C=O) groups excluding carboxylic acids is 1. The number of ether oxygens (including phenoxy) is 1. The van der Waals surface area contributed by atoms with Crippen LogP contribution in [-0.2, 0) is 0 Å². The summed E-state index contributed by atoms with van der Waals surface area (Å²) in [5, 5.41) is 6.19. The molecule has 0 saturated heterocycles. The first kappa shape index (κ1) is 10.4. The first-order valence-electron chi connectivity index (χ1n) is 4.59. The Labute approximate surface area is 91.1 Å². The maximum Gasteiger partial charge on any atom is 0.196 e. The van der Waals surface area contributed by atoms with Crippen molar-refractivity contribution >= 4 is 5.78 Å².